The van der Waals surface area contributed by atoms with Crippen LogP contribution >= 0.6 is 11.8 Å². The Hall–Kier alpha value is -2.86. The van der Waals surface area contributed by atoms with Crippen molar-refractivity contribution in [1.82, 2.24) is 4.98 Å². The summed E-state index contributed by atoms with van der Waals surface area (Å²) in [6, 6.07) is 13.7. The summed E-state index contributed by atoms with van der Waals surface area (Å²) in [5.74, 6) is 0.441. The van der Waals surface area contributed by atoms with Gasteiger partial charge in [-0.2, -0.15) is 0 Å². The SMILES string of the molecule is COC1=C(CCSc2ccccn2)C(=O)C(Cc2ccc(N(C)C)cc2)=CC1=O. The lowest BCUT2D eigenvalue weighted by Crippen LogP contribution is -2.22. The molecule has 2 aromatic rings. The van der Waals surface area contributed by atoms with E-state index in [-0.39, 0.29) is 17.3 Å². The normalized spacial score (nSPS) is 14.1. The van der Waals surface area contributed by atoms with Crippen molar-refractivity contribution in [2.75, 3.05) is 31.9 Å². The van der Waals surface area contributed by atoms with Crippen LogP contribution in [0.3, 0.4) is 0 Å². The summed E-state index contributed by atoms with van der Waals surface area (Å²) in [7, 11) is 5.39. The molecule has 0 bridgehead atoms. The number of hydrogen-bond acceptors (Lipinski definition) is 6. The molecule has 0 unspecified atom stereocenters. The van der Waals surface area contributed by atoms with E-state index in [1.165, 1.54) is 13.2 Å². The van der Waals surface area contributed by atoms with Gasteiger partial charge in [0.05, 0.1) is 12.1 Å². The summed E-state index contributed by atoms with van der Waals surface area (Å²) in [6.07, 6.45) is 4.02. The van der Waals surface area contributed by atoms with Crippen molar-refractivity contribution in [3.8, 4) is 0 Å². The number of pyridine rings is 1. The van der Waals surface area contributed by atoms with Crippen LogP contribution in [0, 0.1) is 0 Å². The van der Waals surface area contributed by atoms with E-state index in [0.717, 1.165) is 16.3 Å². The molecule has 1 heterocycles. The van der Waals surface area contributed by atoms with Crippen LogP contribution in [-0.4, -0.2) is 43.5 Å². The van der Waals surface area contributed by atoms with Gasteiger partial charge >= 0.3 is 0 Å². The van der Waals surface area contributed by atoms with Crippen molar-refractivity contribution < 1.29 is 14.3 Å². The van der Waals surface area contributed by atoms with Crippen LogP contribution in [0.15, 0.2) is 76.7 Å². The van der Waals surface area contributed by atoms with E-state index >= 15 is 0 Å². The van der Waals surface area contributed by atoms with Gasteiger partial charge in [0.25, 0.3) is 0 Å². The maximum Gasteiger partial charge on any atom is 0.221 e. The Morgan fingerprint density at radius 3 is 2.45 bits per heavy atom. The maximum absolute atomic E-state index is 13.1. The van der Waals surface area contributed by atoms with Gasteiger partial charge in [-0.1, -0.05) is 18.2 Å². The molecule has 0 saturated carbocycles. The minimum atomic E-state index is -0.246. The minimum absolute atomic E-state index is 0.111. The van der Waals surface area contributed by atoms with Gasteiger partial charge in [-0.3, -0.25) is 9.59 Å². The number of anilines is 1. The van der Waals surface area contributed by atoms with Gasteiger partial charge in [0.1, 0.15) is 0 Å². The molecule has 3 rings (SSSR count). The molecular formula is C23H24N2O3S. The Kier molecular flexibility index (Phi) is 6.88. The summed E-state index contributed by atoms with van der Waals surface area (Å²) in [6.45, 7) is 0. The molecule has 1 aliphatic carbocycles. The minimum Gasteiger partial charge on any atom is -0.492 e. The van der Waals surface area contributed by atoms with E-state index < -0.39 is 0 Å². The van der Waals surface area contributed by atoms with Crippen molar-refractivity contribution in [3.05, 3.63) is 77.2 Å². The molecule has 1 aromatic heterocycles. The van der Waals surface area contributed by atoms with E-state index in [4.69, 9.17) is 4.74 Å². The second-order valence-electron chi connectivity index (χ2n) is 6.88. The van der Waals surface area contributed by atoms with Crippen LogP contribution in [0.4, 0.5) is 5.69 Å². The zero-order valence-corrected chi connectivity index (χ0v) is 17.7. The molecule has 150 valence electrons. The third-order valence-corrected chi connectivity index (χ3v) is 5.61. The number of benzene rings is 1. The molecule has 0 amide bonds. The highest BCUT2D eigenvalue weighted by molar-refractivity contribution is 7.99. The van der Waals surface area contributed by atoms with Crippen LogP contribution in [-0.2, 0) is 20.7 Å². The predicted octanol–water partition coefficient (Wildman–Crippen LogP) is 3.85. The lowest BCUT2D eigenvalue weighted by molar-refractivity contribution is -0.118. The fourth-order valence-electron chi connectivity index (χ4n) is 3.14. The van der Waals surface area contributed by atoms with Gasteiger partial charge < -0.3 is 9.64 Å². The molecular weight excluding hydrogens is 384 g/mol. The lowest BCUT2D eigenvalue weighted by Gasteiger charge is -2.19. The number of aromatic nitrogens is 1. The van der Waals surface area contributed by atoms with E-state index in [1.807, 2.05) is 61.5 Å². The Labute approximate surface area is 175 Å². The standard InChI is InChI=1S/C23H24N2O3S/c1-25(2)18-9-7-16(8-10-18)14-17-15-20(26)23(28-3)19(22(17)27)11-13-29-21-6-4-5-12-24-21/h4-10,12,15H,11,13-14H2,1-3H3. The first-order chi connectivity index (χ1) is 14.0. The highest BCUT2D eigenvalue weighted by atomic mass is 32.2. The van der Waals surface area contributed by atoms with Gasteiger partial charge in [-0.15, -0.1) is 11.8 Å². The summed E-state index contributed by atoms with van der Waals surface area (Å²) < 4.78 is 5.26. The van der Waals surface area contributed by atoms with Crippen molar-refractivity contribution in [2.45, 2.75) is 17.9 Å². The molecule has 0 N–H and O–H groups in total. The van der Waals surface area contributed by atoms with E-state index in [1.54, 1.807) is 18.0 Å². The molecule has 1 aliphatic rings. The Bertz CT molecular complexity index is 948. The van der Waals surface area contributed by atoms with Crippen molar-refractivity contribution in [2.24, 2.45) is 0 Å². The first-order valence-electron chi connectivity index (χ1n) is 9.36. The van der Waals surface area contributed by atoms with E-state index in [0.29, 0.717) is 29.7 Å². The number of nitrogens with zero attached hydrogens (tertiary/aromatic N) is 2. The van der Waals surface area contributed by atoms with Gasteiger partial charge in [0.15, 0.2) is 11.5 Å². The van der Waals surface area contributed by atoms with Gasteiger partial charge in [0.2, 0.25) is 5.78 Å². The maximum atomic E-state index is 13.1. The van der Waals surface area contributed by atoms with E-state index in [2.05, 4.69) is 4.98 Å². The Morgan fingerprint density at radius 2 is 1.83 bits per heavy atom. The molecule has 0 saturated heterocycles. The average molecular weight is 409 g/mol. The number of thioether (sulfide) groups is 1. The predicted molar refractivity (Wildman–Crippen MR) is 116 cm³/mol. The molecule has 0 radical (unpaired) electrons. The fraction of sp³-hybridized carbons (Fsp3) is 0.261. The number of carbonyl (C=O) groups is 2. The molecule has 29 heavy (non-hydrogen) atoms. The average Bonchev–Trinajstić information content (AvgIpc) is 2.72. The second-order valence-corrected chi connectivity index (χ2v) is 7.99. The summed E-state index contributed by atoms with van der Waals surface area (Å²) in [5.41, 5.74) is 3.03. The van der Waals surface area contributed by atoms with Crippen LogP contribution in [0.1, 0.15) is 12.0 Å². The number of hydrogen-bond donors (Lipinski definition) is 0. The van der Waals surface area contributed by atoms with Crippen LogP contribution in [0.2, 0.25) is 0 Å². The third-order valence-electron chi connectivity index (χ3n) is 4.66. The molecule has 5 nitrogen and oxygen atoms in total. The van der Waals surface area contributed by atoms with E-state index in [9.17, 15) is 9.59 Å². The molecule has 0 aliphatic heterocycles. The largest absolute Gasteiger partial charge is 0.492 e. The number of methoxy groups -OCH3 is 1. The first kappa shape index (κ1) is 20.9. The molecule has 0 spiro atoms. The monoisotopic (exact) mass is 408 g/mol. The molecule has 0 fully saturated rings. The summed E-state index contributed by atoms with van der Waals surface area (Å²) in [5, 5.41) is 0.887. The quantitative estimate of drug-likeness (QED) is 0.488. The first-order valence-corrected chi connectivity index (χ1v) is 10.3. The number of Topliss-reactive ketones (excluding diaryl/α,β-unsaturated/α-hetero) is 1. The molecule has 1 aromatic carbocycles. The van der Waals surface area contributed by atoms with Crippen LogP contribution in [0.5, 0.6) is 0 Å². The third kappa shape index (κ3) is 5.15. The summed E-state index contributed by atoms with van der Waals surface area (Å²) in [4.78, 5) is 31.9. The van der Waals surface area contributed by atoms with Crippen LogP contribution < -0.4 is 4.90 Å². The number of ether oxygens (including phenoxy) is 1. The number of ketones is 2. The summed E-state index contributed by atoms with van der Waals surface area (Å²) >= 11 is 1.55. The number of rotatable bonds is 8. The van der Waals surface area contributed by atoms with Crippen molar-refractivity contribution >= 4 is 29.0 Å². The van der Waals surface area contributed by atoms with Crippen molar-refractivity contribution in [1.29, 1.82) is 0 Å². The second kappa shape index (κ2) is 9.56. The number of carbonyl (C=O) groups excluding carboxylic acids is 2. The Balaban J connectivity index is 1.72. The Morgan fingerprint density at radius 1 is 1.07 bits per heavy atom. The van der Waals surface area contributed by atoms with Crippen molar-refractivity contribution in [3.63, 3.8) is 0 Å². The fourth-order valence-corrected chi connectivity index (χ4v) is 3.96. The lowest BCUT2D eigenvalue weighted by atomic mass is 9.89. The highest BCUT2D eigenvalue weighted by Crippen LogP contribution is 2.28. The van der Waals surface area contributed by atoms with Gasteiger partial charge in [0, 0.05) is 49.3 Å². The highest BCUT2D eigenvalue weighted by Gasteiger charge is 2.29. The smallest absolute Gasteiger partial charge is 0.221 e. The topological polar surface area (TPSA) is 59.5 Å². The number of allylic oxidation sites excluding steroid dienone is 3. The zero-order chi connectivity index (χ0) is 20.8. The zero-order valence-electron chi connectivity index (χ0n) is 16.8. The molecule has 0 atom stereocenters. The van der Waals surface area contributed by atoms with Gasteiger partial charge in [-0.25, -0.2) is 4.98 Å². The molecule has 6 heteroatoms. The van der Waals surface area contributed by atoms with Crippen LogP contribution in [0.25, 0.3) is 0 Å². The van der Waals surface area contributed by atoms with Gasteiger partial charge in [-0.05, 0) is 42.3 Å².